The fourth-order valence-electron chi connectivity index (χ4n) is 3.67. The first-order chi connectivity index (χ1) is 12.8. The lowest BCUT2D eigenvalue weighted by Gasteiger charge is -2.40. The van der Waals surface area contributed by atoms with Gasteiger partial charge >= 0.3 is 0 Å². The number of halogens is 2. The third-order valence-electron chi connectivity index (χ3n) is 4.63. The van der Waals surface area contributed by atoms with E-state index < -0.39 is 0 Å². The van der Waals surface area contributed by atoms with Crippen molar-refractivity contribution in [2.24, 2.45) is 0 Å². The highest BCUT2D eigenvalue weighted by Gasteiger charge is 2.34. The Bertz CT molecular complexity index is 979. The van der Waals surface area contributed by atoms with Crippen molar-refractivity contribution in [2.75, 3.05) is 13.1 Å². The topological polar surface area (TPSA) is 62.9 Å². The first-order valence-corrected chi connectivity index (χ1v) is 10.3. The molecule has 0 aliphatic carbocycles. The van der Waals surface area contributed by atoms with Gasteiger partial charge in [-0.05, 0) is 38.5 Å². The lowest BCUT2D eigenvalue weighted by atomic mass is 10.0. The number of nitrogens with zero attached hydrogens (tertiary/aromatic N) is 4. The zero-order valence-electron chi connectivity index (χ0n) is 15.2. The molecule has 9 heteroatoms. The first kappa shape index (κ1) is 19.0. The average Bonchev–Trinajstić information content (AvgIpc) is 3.08. The molecule has 1 aromatic carbocycles. The van der Waals surface area contributed by atoms with E-state index in [2.05, 4.69) is 28.8 Å². The van der Waals surface area contributed by atoms with Crippen molar-refractivity contribution in [1.82, 2.24) is 19.5 Å². The van der Waals surface area contributed by atoms with Crippen molar-refractivity contribution in [1.29, 1.82) is 0 Å². The summed E-state index contributed by atoms with van der Waals surface area (Å²) in [6, 6.07) is 5.41. The van der Waals surface area contributed by atoms with Crippen LogP contribution in [0.3, 0.4) is 0 Å². The summed E-state index contributed by atoms with van der Waals surface area (Å²) >= 11 is 13.9. The summed E-state index contributed by atoms with van der Waals surface area (Å²) in [7, 11) is 0. The highest BCUT2D eigenvalue weighted by molar-refractivity contribution is 7.17. The predicted octanol–water partition coefficient (Wildman–Crippen LogP) is 4.31. The number of thiazole rings is 1. The number of hydrogen-bond donors (Lipinski definition) is 1. The molecule has 0 bridgehead atoms. The molecule has 1 saturated heterocycles. The monoisotopic (exact) mass is 426 g/mol. The molecular formula is C18H20Cl2N4O2S. The number of morpholine rings is 1. The van der Waals surface area contributed by atoms with Crippen molar-refractivity contribution < 1.29 is 9.84 Å². The van der Waals surface area contributed by atoms with Crippen LogP contribution in [0, 0.1) is 6.92 Å². The Morgan fingerprint density at radius 1 is 1.22 bits per heavy atom. The highest BCUT2D eigenvalue weighted by Crippen LogP contribution is 2.42. The minimum atomic E-state index is -0.192. The molecule has 27 heavy (non-hydrogen) atoms. The number of benzene rings is 1. The number of aromatic hydroxyl groups is 1. The van der Waals surface area contributed by atoms with Gasteiger partial charge in [0.15, 0.2) is 0 Å². The van der Waals surface area contributed by atoms with E-state index in [0.29, 0.717) is 20.8 Å². The van der Waals surface area contributed by atoms with Crippen LogP contribution in [-0.2, 0) is 4.74 Å². The van der Waals surface area contributed by atoms with Crippen molar-refractivity contribution in [3.63, 3.8) is 0 Å². The largest absolute Gasteiger partial charge is 0.492 e. The van der Waals surface area contributed by atoms with Gasteiger partial charge in [-0.3, -0.25) is 4.90 Å². The van der Waals surface area contributed by atoms with Crippen LogP contribution in [0.25, 0.3) is 4.96 Å². The van der Waals surface area contributed by atoms with Crippen LogP contribution < -0.4 is 0 Å². The zero-order valence-corrected chi connectivity index (χ0v) is 17.5. The van der Waals surface area contributed by atoms with Gasteiger partial charge in [0.25, 0.3) is 0 Å². The van der Waals surface area contributed by atoms with E-state index >= 15 is 0 Å². The molecule has 0 amide bonds. The summed E-state index contributed by atoms with van der Waals surface area (Å²) in [6.07, 6.45) is 0.177. The number of aryl methyl sites for hydroxylation is 1. The van der Waals surface area contributed by atoms with Crippen LogP contribution in [-0.4, -0.2) is 49.9 Å². The maximum Gasteiger partial charge on any atom is 0.230 e. The first-order valence-electron chi connectivity index (χ1n) is 8.73. The molecule has 0 radical (unpaired) electrons. The number of aromatic nitrogens is 3. The lowest BCUT2D eigenvalue weighted by molar-refractivity contribution is -0.0764. The maximum atomic E-state index is 10.9. The van der Waals surface area contributed by atoms with Crippen molar-refractivity contribution in [2.45, 2.75) is 39.0 Å². The Hall–Kier alpha value is -1.38. The summed E-state index contributed by atoms with van der Waals surface area (Å²) < 4.78 is 7.39. The number of rotatable bonds is 3. The molecule has 4 rings (SSSR count). The molecule has 6 nitrogen and oxygen atoms in total. The average molecular weight is 427 g/mol. The minimum absolute atomic E-state index is 0.0885. The third-order valence-corrected chi connectivity index (χ3v) is 6.44. The van der Waals surface area contributed by atoms with Gasteiger partial charge in [0.2, 0.25) is 10.8 Å². The molecule has 0 saturated carbocycles. The molecule has 3 aromatic rings. The van der Waals surface area contributed by atoms with Crippen LogP contribution in [0.2, 0.25) is 10.0 Å². The fourth-order valence-corrected chi connectivity index (χ4v) is 5.13. The van der Waals surface area contributed by atoms with Gasteiger partial charge in [-0.15, -0.1) is 5.10 Å². The quantitative estimate of drug-likeness (QED) is 0.675. The standard InChI is InChI=1S/C18H20Cl2N4O2S/c1-9-7-23(8-10(2)26-9)15(12-4-5-13(19)14(20)6-12)16-17(25)24-18(27-16)21-11(3)22-24/h4-6,9-10,15,25H,7-8H2,1-3H3/t9-,10-,15-/m1/s1. The summed E-state index contributed by atoms with van der Waals surface area (Å²) in [4.78, 5) is 8.15. The van der Waals surface area contributed by atoms with Gasteiger partial charge in [-0.2, -0.15) is 4.52 Å². The molecule has 3 heterocycles. The van der Waals surface area contributed by atoms with Crippen LogP contribution in [0.5, 0.6) is 5.88 Å². The van der Waals surface area contributed by atoms with E-state index in [9.17, 15) is 5.11 Å². The van der Waals surface area contributed by atoms with Crippen molar-refractivity contribution in [3.05, 3.63) is 44.5 Å². The van der Waals surface area contributed by atoms with Gasteiger partial charge in [0.1, 0.15) is 5.82 Å². The predicted molar refractivity (Wildman–Crippen MR) is 107 cm³/mol. The zero-order chi connectivity index (χ0) is 19.3. The fraction of sp³-hybridized carbons (Fsp3) is 0.444. The van der Waals surface area contributed by atoms with Crippen molar-refractivity contribution >= 4 is 39.5 Å². The van der Waals surface area contributed by atoms with E-state index in [1.807, 2.05) is 12.1 Å². The van der Waals surface area contributed by atoms with Gasteiger partial charge in [0, 0.05) is 13.1 Å². The lowest BCUT2D eigenvalue weighted by Crippen LogP contribution is -2.47. The molecule has 0 spiro atoms. The molecule has 144 valence electrons. The summed E-state index contributed by atoms with van der Waals surface area (Å²) in [5.41, 5.74) is 0.960. The summed E-state index contributed by atoms with van der Waals surface area (Å²) in [6.45, 7) is 7.39. The number of hydrogen-bond acceptors (Lipinski definition) is 6. The highest BCUT2D eigenvalue weighted by atomic mass is 35.5. The van der Waals surface area contributed by atoms with Gasteiger partial charge < -0.3 is 9.84 Å². The van der Waals surface area contributed by atoms with E-state index in [1.54, 1.807) is 13.0 Å². The molecular weight excluding hydrogens is 407 g/mol. The maximum absolute atomic E-state index is 10.9. The number of fused-ring (bicyclic) bond motifs is 1. The number of ether oxygens (including phenoxy) is 1. The Kier molecular flexibility index (Phi) is 5.07. The third kappa shape index (κ3) is 3.54. The second kappa shape index (κ2) is 7.22. The summed E-state index contributed by atoms with van der Waals surface area (Å²) in [5, 5.41) is 16.2. The van der Waals surface area contributed by atoms with Gasteiger partial charge in [-0.25, -0.2) is 4.98 Å². The normalized spacial score (nSPS) is 22.4. The van der Waals surface area contributed by atoms with Crippen molar-refractivity contribution in [3.8, 4) is 5.88 Å². The summed E-state index contributed by atoms with van der Waals surface area (Å²) in [5.74, 6) is 0.737. The van der Waals surface area contributed by atoms with E-state index in [-0.39, 0.29) is 24.1 Å². The second-order valence-corrected chi connectivity index (χ2v) is 8.75. The molecule has 3 atom stereocenters. The molecule has 0 unspecified atom stereocenters. The molecule has 1 aliphatic heterocycles. The SMILES string of the molecule is Cc1nc2sc([C@@H](c3ccc(Cl)c(Cl)c3)N3C[C@@H](C)O[C@H](C)C3)c(O)n2n1. The van der Waals surface area contributed by atoms with Gasteiger partial charge in [-0.1, -0.05) is 40.6 Å². The molecule has 1 aliphatic rings. The van der Waals surface area contributed by atoms with E-state index in [4.69, 9.17) is 27.9 Å². The minimum Gasteiger partial charge on any atom is -0.492 e. The Labute approximate surface area is 171 Å². The Morgan fingerprint density at radius 3 is 2.56 bits per heavy atom. The second-order valence-electron chi connectivity index (χ2n) is 6.93. The van der Waals surface area contributed by atoms with Gasteiger partial charge in [0.05, 0.1) is 33.2 Å². The Morgan fingerprint density at radius 2 is 1.93 bits per heavy atom. The Balaban J connectivity index is 1.85. The smallest absolute Gasteiger partial charge is 0.230 e. The van der Waals surface area contributed by atoms with Crippen LogP contribution in [0.4, 0.5) is 0 Å². The molecule has 1 N–H and O–H groups in total. The van der Waals surface area contributed by atoms with Crippen LogP contribution >= 0.6 is 34.5 Å². The van der Waals surface area contributed by atoms with Crippen LogP contribution in [0.1, 0.15) is 36.2 Å². The van der Waals surface area contributed by atoms with E-state index in [1.165, 1.54) is 15.9 Å². The van der Waals surface area contributed by atoms with Crippen LogP contribution in [0.15, 0.2) is 18.2 Å². The molecule has 1 fully saturated rings. The molecule has 2 aromatic heterocycles. The van der Waals surface area contributed by atoms with E-state index in [0.717, 1.165) is 23.5 Å².